The summed E-state index contributed by atoms with van der Waals surface area (Å²) < 4.78 is 94.1. The van der Waals surface area contributed by atoms with Gasteiger partial charge in [-0.05, 0) is 68.7 Å². The van der Waals surface area contributed by atoms with Crippen molar-refractivity contribution >= 4 is 66.8 Å². The van der Waals surface area contributed by atoms with Gasteiger partial charge in [0, 0.05) is 9.75 Å². The first-order valence-electron chi connectivity index (χ1n) is 24.0. The maximum atomic E-state index is 10.6. The van der Waals surface area contributed by atoms with Crippen molar-refractivity contribution in [1.82, 2.24) is 0 Å². The fraction of sp³-hybridized carbons (Fsp3) is 0.396. The van der Waals surface area contributed by atoms with Gasteiger partial charge in [-0.1, -0.05) is 69.7 Å². The van der Waals surface area contributed by atoms with Crippen LogP contribution in [0.1, 0.15) is 78.8 Å². The van der Waals surface area contributed by atoms with Crippen molar-refractivity contribution in [3.05, 3.63) is 75.0 Å². The smallest absolute Gasteiger partial charge is 0.181 e. The molecule has 2 unspecified atom stereocenters. The maximum absolute atomic E-state index is 10.6. The fourth-order valence-electron chi connectivity index (χ4n) is 8.57. The van der Waals surface area contributed by atoms with Crippen LogP contribution in [0.25, 0.3) is 39.0 Å². The molecule has 0 spiro atoms. The Morgan fingerprint density at radius 1 is 0.403 bits per heavy atom. The van der Waals surface area contributed by atoms with E-state index < -0.39 is 10.1 Å². The van der Waals surface area contributed by atoms with Crippen LogP contribution in [0.3, 0.4) is 0 Å². The average Bonchev–Trinajstić information content (AvgIpc) is 4.23. The highest BCUT2D eigenvalue weighted by atomic mass is 32.2. The third kappa shape index (κ3) is 9.85. The molecular weight excluding hydrogens is 1040 g/mol. The van der Waals surface area contributed by atoms with E-state index in [0.29, 0.717) is 101 Å². The number of thiophene rings is 5. The van der Waals surface area contributed by atoms with E-state index >= 15 is 0 Å². The molecule has 5 aliphatic rings. The fourth-order valence-corrected chi connectivity index (χ4v) is 15.2. The van der Waals surface area contributed by atoms with Crippen molar-refractivity contribution < 1.29 is 60.3 Å². The summed E-state index contributed by atoms with van der Waals surface area (Å²) in [6.45, 7) is 19.7. The summed E-state index contributed by atoms with van der Waals surface area (Å²) in [5, 5.41) is 0. The van der Waals surface area contributed by atoms with Crippen LogP contribution in [0.2, 0.25) is 0 Å². The van der Waals surface area contributed by atoms with Crippen LogP contribution in [-0.2, 0) is 10.1 Å². The monoisotopic (exact) mass is 1090 g/mol. The van der Waals surface area contributed by atoms with Gasteiger partial charge in [-0.3, -0.25) is 0 Å². The molecule has 0 saturated heterocycles. The van der Waals surface area contributed by atoms with Crippen LogP contribution in [0.5, 0.6) is 57.5 Å². The SMILES string of the molecule is CCC(C)c1ccc(C)cc1.CCC(C)c1ccc(S(=O)(=O)[O-])cc1.Cc1sc(-c2sc(-c3sc(-c4sc(-c5sc(C)c6c5OCCO6)c5c4OCCO5)c4c3OCCO4)c3c2OCCO3)c2c1OCCO2. The standard InChI is InChI=1S/C32H26O10S5.C11H16.C10H14O3S/c1-13-15-17(35-5-3-33-15)25(43-13)27-19-21(39-9-7-37-19)29(45-27)31-23-24(42-12-11-41-23)32(47-31)30-22-20(38-8-10-40-22)28(46-30)26-18-16(14(2)44-26)34-4-6-36-18;1-4-10(3)11-7-5-9(2)6-8-11;1-3-8(2)9-4-6-10(7-5-9)14(11,12)13/h3-12H2,1-2H3;5-8,10H,4H2,1-3H3;4-8H,3H2,1-2H3,(H,11,12,13)/p-1. The number of aryl methyl sites for hydroxylation is 3. The van der Waals surface area contributed by atoms with Crippen molar-refractivity contribution in [2.75, 3.05) is 66.1 Å². The summed E-state index contributed by atoms with van der Waals surface area (Å²) >= 11 is 8.14. The molecule has 5 aliphatic heterocycles. The van der Waals surface area contributed by atoms with Crippen LogP contribution in [0, 0.1) is 20.8 Å². The van der Waals surface area contributed by atoms with E-state index in [0.717, 1.165) is 95.3 Å². The Bertz CT molecular complexity index is 3030. The molecular formula is C53H55O13S6-. The first-order chi connectivity index (χ1) is 34.8. The second kappa shape index (κ2) is 21.4. The van der Waals surface area contributed by atoms with Gasteiger partial charge in [-0.2, -0.15) is 0 Å². The Morgan fingerprint density at radius 2 is 0.639 bits per heavy atom. The van der Waals surface area contributed by atoms with E-state index in [4.69, 9.17) is 47.4 Å². The van der Waals surface area contributed by atoms with Gasteiger partial charge < -0.3 is 51.9 Å². The molecule has 0 amide bonds. The lowest BCUT2D eigenvalue weighted by Crippen LogP contribution is -2.16. The lowest BCUT2D eigenvalue weighted by atomic mass is 9.98. The predicted molar refractivity (Wildman–Crippen MR) is 285 cm³/mol. The van der Waals surface area contributed by atoms with Crippen molar-refractivity contribution in [2.24, 2.45) is 0 Å². The molecule has 0 N–H and O–H groups in total. The van der Waals surface area contributed by atoms with Crippen molar-refractivity contribution in [3.8, 4) is 96.5 Å². The summed E-state index contributed by atoms with van der Waals surface area (Å²) in [4.78, 5) is 9.59. The first kappa shape index (κ1) is 50.4. The Hall–Kier alpha value is -5.15. The Balaban J connectivity index is 0.000000196. The Labute approximate surface area is 439 Å². The number of ether oxygens (including phenoxy) is 10. The Kier molecular flexibility index (Phi) is 15.0. The van der Waals surface area contributed by atoms with Gasteiger partial charge in [0.2, 0.25) is 0 Å². The molecule has 0 fully saturated rings. The molecule has 2 aromatic carbocycles. The van der Waals surface area contributed by atoms with Gasteiger partial charge in [0.15, 0.2) is 57.5 Å². The van der Waals surface area contributed by atoms with Crippen LogP contribution in [0.4, 0.5) is 0 Å². The molecule has 19 heteroatoms. The second-order valence-electron chi connectivity index (χ2n) is 17.6. The van der Waals surface area contributed by atoms with Gasteiger partial charge in [-0.15, -0.1) is 56.7 Å². The topological polar surface area (TPSA) is 150 Å². The highest BCUT2D eigenvalue weighted by Gasteiger charge is 2.39. The quantitative estimate of drug-likeness (QED) is 0.126. The molecule has 13 nitrogen and oxygen atoms in total. The molecule has 5 aromatic heterocycles. The van der Waals surface area contributed by atoms with E-state index in [1.54, 1.807) is 68.8 Å². The third-order valence-corrected chi connectivity index (χ3v) is 19.9. The highest BCUT2D eigenvalue weighted by Crippen LogP contribution is 2.67. The molecule has 0 aliphatic carbocycles. The first-order valence-corrected chi connectivity index (χ1v) is 29.5. The molecule has 0 radical (unpaired) electrons. The summed E-state index contributed by atoms with van der Waals surface area (Å²) in [6, 6.07) is 14.9. The number of fused-ring (bicyclic) bond motifs is 5. The van der Waals surface area contributed by atoms with Crippen molar-refractivity contribution in [2.45, 2.75) is 78.0 Å². The molecule has 72 heavy (non-hydrogen) atoms. The molecule has 0 saturated carbocycles. The molecule has 7 aromatic rings. The lowest BCUT2D eigenvalue weighted by molar-refractivity contribution is 0.170. The minimum atomic E-state index is -4.30. The zero-order valence-corrected chi connectivity index (χ0v) is 45.9. The lowest BCUT2D eigenvalue weighted by Gasteiger charge is -2.19. The van der Waals surface area contributed by atoms with E-state index in [1.165, 1.54) is 29.7 Å². The third-order valence-electron chi connectivity index (χ3n) is 12.8. The van der Waals surface area contributed by atoms with Crippen LogP contribution >= 0.6 is 56.7 Å². The number of benzene rings is 2. The second-order valence-corrected chi connectivity index (χ2v) is 24.5. The molecule has 12 rings (SSSR count). The molecule has 2 atom stereocenters. The van der Waals surface area contributed by atoms with Crippen molar-refractivity contribution in [3.63, 3.8) is 0 Å². The van der Waals surface area contributed by atoms with Crippen molar-refractivity contribution in [1.29, 1.82) is 0 Å². The van der Waals surface area contributed by atoms with Crippen LogP contribution < -0.4 is 47.4 Å². The van der Waals surface area contributed by atoms with E-state index in [9.17, 15) is 13.0 Å². The van der Waals surface area contributed by atoms with Gasteiger partial charge in [0.25, 0.3) is 0 Å². The van der Waals surface area contributed by atoms with E-state index in [-0.39, 0.29) is 4.90 Å². The van der Waals surface area contributed by atoms with Gasteiger partial charge in [0.1, 0.15) is 76.2 Å². The van der Waals surface area contributed by atoms with Crippen LogP contribution in [0.15, 0.2) is 53.4 Å². The number of hydrogen-bond donors (Lipinski definition) is 0. The minimum Gasteiger partial charge on any atom is -0.744 e. The summed E-state index contributed by atoms with van der Waals surface area (Å²) in [5.41, 5.74) is 3.86. The zero-order valence-electron chi connectivity index (χ0n) is 41.0. The Morgan fingerprint density at radius 3 is 0.903 bits per heavy atom. The summed E-state index contributed by atoms with van der Waals surface area (Å²) in [5.74, 6) is 8.52. The van der Waals surface area contributed by atoms with E-state index in [2.05, 4.69) is 72.7 Å². The maximum Gasteiger partial charge on any atom is 0.181 e. The summed E-state index contributed by atoms with van der Waals surface area (Å²) in [7, 11) is -4.30. The largest absolute Gasteiger partial charge is 0.744 e. The van der Waals surface area contributed by atoms with Gasteiger partial charge >= 0.3 is 0 Å². The number of rotatable bonds is 9. The summed E-state index contributed by atoms with van der Waals surface area (Å²) in [6.07, 6.45) is 2.21. The van der Waals surface area contributed by atoms with E-state index in [1.807, 2.05) is 0 Å². The minimum absolute atomic E-state index is 0.162. The number of hydrogen-bond acceptors (Lipinski definition) is 18. The van der Waals surface area contributed by atoms with Gasteiger partial charge in [-0.25, -0.2) is 8.42 Å². The predicted octanol–water partition coefficient (Wildman–Crippen LogP) is 13.7. The average molecular weight is 1090 g/mol. The molecule has 382 valence electrons. The highest BCUT2D eigenvalue weighted by molar-refractivity contribution is 7.85. The van der Waals surface area contributed by atoms with Gasteiger partial charge in [0.05, 0.1) is 43.9 Å². The molecule has 10 heterocycles. The normalized spacial score (nSPS) is 15.9. The molecule has 0 bridgehead atoms. The van der Waals surface area contributed by atoms with Crippen LogP contribution in [-0.4, -0.2) is 79.0 Å². The zero-order chi connectivity index (χ0) is 50.3.